The third kappa shape index (κ3) is 4.53. The molecule has 0 aliphatic heterocycles. The topological polar surface area (TPSA) is 96.8 Å². The first-order chi connectivity index (χ1) is 15.0. The first kappa shape index (κ1) is 20.1. The predicted molar refractivity (Wildman–Crippen MR) is 122 cm³/mol. The molecule has 0 fully saturated rings. The van der Waals surface area contributed by atoms with Crippen LogP contribution in [0.15, 0.2) is 67.0 Å². The van der Waals surface area contributed by atoms with Gasteiger partial charge in [0.1, 0.15) is 18.0 Å². The monoisotopic (exact) mass is 413 g/mol. The first-order valence-electron chi connectivity index (χ1n) is 9.84. The maximum absolute atomic E-state index is 12.5. The molecular formula is C23H23N7O. The SMILES string of the molecule is CNc1cc(-n2nc(C)cc2Nc2cc(NC(=O)c3ccccc3)ccc2C)ncn1. The van der Waals surface area contributed by atoms with Gasteiger partial charge >= 0.3 is 0 Å². The lowest BCUT2D eigenvalue weighted by Crippen LogP contribution is -2.12. The summed E-state index contributed by atoms with van der Waals surface area (Å²) in [4.78, 5) is 21.0. The van der Waals surface area contributed by atoms with E-state index in [0.29, 0.717) is 22.9 Å². The van der Waals surface area contributed by atoms with Crippen LogP contribution in [-0.4, -0.2) is 32.7 Å². The molecule has 0 saturated heterocycles. The van der Waals surface area contributed by atoms with Crippen molar-refractivity contribution in [2.45, 2.75) is 13.8 Å². The summed E-state index contributed by atoms with van der Waals surface area (Å²) in [5.41, 5.74) is 4.04. The summed E-state index contributed by atoms with van der Waals surface area (Å²) in [7, 11) is 1.80. The van der Waals surface area contributed by atoms with Gasteiger partial charge in [0, 0.05) is 36.1 Å². The Bertz CT molecular complexity index is 1220. The number of benzene rings is 2. The highest BCUT2D eigenvalue weighted by Gasteiger charge is 2.12. The van der Waals surface area contributed by atoms with Crippen molar-refractivity contribution < 1.29 is 4.79 Å². The van der Waals surface area contributed by atoms with Crippen LogP contribution in [0.25, 0.3) is 5.82 Å². The number of hydrogen-bond acceptors (Lipinski definition) is 6. The van der Waals surface area contributed by atoms with E-state index >= 15 is 0 Å². The number of aromatic nitrogens is 4. The molecule has 8 heteroatoms. The lowest BCUT2D eigenvalue weighted by atomic mass is 10.1. The van der Waals surface area contributed by atoms with E-state index in [1.54, 1.807) is 23.9 Å². The van der Waals surface area contributed by atoms with Crippen LogP contribution in [0.1, 0.15) is 21.6 Å². The Labute approximate surface area is 180 Å². The summed E-state index contributed by atoms with van der Waals surface area (Å²) in [5, 5.41) is 13.9. The van der Waals surface area contributed by atoms with Crippen molar-refractivity contribution in [1.29, 1.82) is 0 Å². The van der Waals surface area contributed by atoms with Gasteiger partial charge in [-0.2, -0.15) is 9.78 Å². The van der Waals surface area contributed by atoms with Crippen LogP contribution < -0.4 is 16.0 Å². The van der Waals surface area contributed by atoms with Gasteiger partial charge in [-0.3, -0.25) is 4.79 Å². The minimum absolute atomic E-state index is 0.156. The quantitative estimate of drug-likeness (QED) is 0.436. The largest absolute Gasteiger partial charge is 0.373 e. The molecule has 0 radical (unpaired) electrons. The van der Waals surface area contributed by atoms with Crippen LogP contribution in [0.3, 0.4) is 0 Å². The van der Waals surface area contributed by atoms with Crippen LogP contribution in [-0.2, 0) is 0 Å². The average Bonchev–Trinajstić information content (AvgIpc) is 3.16. The van der Waals surface area contributed by atoms with Gasteiger partial charge in [-0.15, -0.1) is 0 Å². The van der Waals surface area contributed by atoms with E-state index in [2.05, 4.69) is 31.0 Å². The third-order valence-corrected chi connectivity index (χ3v) is 4.75. The van der Waals surface area contributed by atoms with Crippen molar-refractivity contribution in [3.63, 3.8) is 0 Å². The first-order valence-corrected chi connectivity index (χ1v) is 9.84. The molecule has 0 saturated carbocycles. The molecule has 3 N–H and O–H groups in total. The van der Waals surface area contributed by atoms with Crippen LogP contribution in [0.4, 0.5) is 23.0 Å². The van der Waals surface area contributed by atoms with E-state index < -0.39 is 0 Å². The Hall–Kier alpha value is -4.20. The number of rotatable bonds is 6. The number of nitrogens with zero attached hydrogens (tertiary/aromatic N) is 4. The van der Waals surface area contributed by atoms with Crippen molar-refractivity contribution >= 4 is 28.9 Å². The molecule has 156 valence electrons. The Morgan fingerprint density at radius 3 is 2.55 bits per heavy atom. The fourth-order valence-corrected chi connectivity index (χ4v) is 3.13. The third-order valence-electron chi connectivity index (χ3n) is 4.75. The molecule has 0 atom stereocenters. The van der Waals surface area contributed by atoms with E-state index in [0.717, 1.165) is 22.8 Å². The van der Waals surface area contributed by atoms with Crippen molar-refractivity contribution in [1.82, 2.24) is 19.7 Å². The second-order valence-corrected chi connectivity index (χ2v) is 7.07. The normalized spacial score (nSPS) is 10.5. The molecule has 4 rings (SSSR count). The Kier molecular flexibility index (Phi) is 5.61. The van der Waals surface area contributed by atoms with Gasteiger partial charge in [-0.1, -0.05) is 24.3 Å². The van der Waals surface area contributed by atoms with Gasteiger partial charge in [-0.25, -0.2) is 9.97 Å². The molecule has 31 heavy (non-hydrogen) atoms. The summed E-state index contributed by atoms with van der Waals surface area (Å²) < 4.78 is 1.73. The standard InChI is InChI=1S/C23H23N7O/c1-15-9-10-18(27-23(31)17-7-5-4-6-8-17)12-19(15)28-22-11-16(2)29-30(22)21-13-20(24-3)25-14-26-21/h4-14,28H,1-3H3,(H,27,31)(H,24,25,26). The molecule has 0 aliphatic carbocycles. The van der Waals surface area contributed by atoms with E-state index in [4.69, 9.17) is 0 Å². The average molecular weight is 413 g/mol. The molecule has 2 heterocycles. The van der Waals surface area contributed by atoms with Crippen LogP contribution in [0, 0.1) is 13.8 Å². The zero-order chi connectivity index (χ0) is 21.8. The van der Waals surface area contributed by atoms with E-state index in [1.165, 1.54) is 6.33 Å². The Balaban J connectivity index is 1.61. The van der Waals surface area contributed by atoms with E-state index in [1.807, 2.05) is 62.4 Å². The second kappa shape index (κ2) is 8.66. The molecule has 8 nitrogen and oxygen atoms in total. The zero-order valence-corrected chi connectivity index (χ0v) is 17.5. The predicted octanol–water partition coefficient (Wildman–Crippen LogP) is 4.32. The van der Waals surface area contributed by atoms with Crippen molar-refractivity contribution in [2.75, 3.05) is 23.0 Å². The summed E-state index contributed by atoms with van der Waals surface area (Å²) in [6.07, 6.45) is 1.49. The summed E-state index contributed by atoms with van der Waals surface area (Å²) in [5.74, 6) is 1.94. The van der Waals surface area contributed by atoms with Gasteiger partial charge in [0.2, 0.25) is 0 Å². The summed E-state index contributed by atoms with van der Waals surface area (Å²) in [6, 6.07) is 18.6. The number of hydrogen-bond donors (Lipinski definition) is 3. The Morgan fingerprint density at radius 1 is 0.968 bits per heavy atom. The number of carbonyl (C=O) groups excluding carboxylic acids is 1. The summed E-state index contributed by atoms with van der Waals surface area (Å²) >= 11 is 0. The fourth-order valence-electron chi connectivity index (χ4n) is 3.13. The molecule has 1 amide bonds. The molecular weight excluding hydrogens is 390 g/mol. The van der Waals surface area contributed by atoms with Gasteiger partial charge in [0.25, 0.3) is 5.91 Å². The highest BCUT2D eigenvalue weighted by Crippen LogP contribution is 2.26. The minimum atomic E-state index is -0.156. The number of carbonyl (C=O) groups is 1. The van der Waals surface area contributed by atoms with Crippen LogP contribution in [0.5, 0.6) is 0 Å². The smallest absolute Gasteiger partial charge is 0.255 e. The van der Waals surface area contributed by atoms with Gasteiger partial charge in [0.15, 0.2) is 5.82 Å². The van der Waals surface area contributed by atoms with Crippen molar-refractivity contribution in [3.05, 3.63) is 83.8 Å². The lowest BCUT2D eigenvalue weighted by Gasteiger charge is -2.14. The van der Waals surface area contributed by atoms with Crippen LogP contribution >= 0.6 is 0 Å². The maximum Gasteiger partial charge on any atom is 0.255 e. The number of amides is 1. The molecule has 2 aromatic heterocycles. The molecule has 0 unspecified atom stereocenters. The highest BCUT2D eigenvalue weighted by atomic mass is 16.1. The van der Waals surface area contributed by atoms with Crippen molar-refractivity contribution in [3.8, 4) is 5.82 Å². The molecule has 2 aromatic carbocycles. The van der Waals surface area contributed by atoms with Gasteiger partial charge in [-0.05, 0) is 43.7 Å². The fraction of sp³-hybridized carbons (Fsp3) is 0.130. The number of anilines is 4. The highest BCUT2D eigenvalue weighted by molar-refractivity contribution is 6.04. The summed E-state index contributed by atoms with van der Waals surface area (Å²) in [6.45, 7) is 3.92. The van der Waals surface area contributed by atoms with E-state index in [9.17, 15) is 4.79 Å². The lowest BCUT2D eigenvalue weighted by molar-refractivity contribution is 0.102. The Morgan fingerprint density at radius 2 is 1.77 bits per heavy atom. The number of aryl methyl sites for hydroxylation is 2. The molecule has 4 aromatic rings. The molecule has 0 aliphatic rings. The van der Waals surface area contributed by atoms with E-state index in [-0.39, 0.29) is 5.91 Å². The maximum atomic E-state index is 12.5. The minimum Gasteiger partial charge on any atom is -0.373 e. The van der Waals surface area contributed by atoms with Crippen LogP contribution in [0.2, 0.25) is 0 Å². The number of nitrogens with one attached hydrogen (secondary N) is 3. The molecule has 0 bridgehead atoms. The zero-order valence-electron chi connectivity index (χ0n) is 17.5. The van der Waals surface area contributed by atoms with Gasteiger partial charge < -0.3 is 16.0 Å². The van der Waals surface area contributed by atoms with Gasteiger partial charge in [0.05, 0.1) is 5.69 Å². The van der Waals surface area contributed by atoms with Crippen molar-refractivity contribution in [2.24, 2.45) is 0 Å². The molecule has 0 spiro atoms. The second-order valence-electron chi connectivity index (χ2n) is 7.07.